The van der Waals surface area contributed by atoms with Gasteiger partial charge in [-0.05, 0) is 12.8 Å². The van der Waals surface area contributed by atoms with Crippen molar-refractivity contribution in [1.29, 1.82) is 0 Å². The van der Waals surface area contributed by atoms with Gasteiger partial charge in [0.25, 0.3) is 0 Å². The number of nitrogens with one attached hydrogen (secondary N) is 1. The zero-order valence-corrected chi connectivity index (χ0v) is 9.21. The van der Waals surface area contributed by atoms with Crippen LogP contribution >= 0.6 is 0 Å². The molecule has 2 rings (SSSR count). The van der Waals surface area contributed by atoms with E-state index in [9.17, 15) is 14.7 Å². The van der Waals surface area contributed by atoms with Crippen molar-refractivity contribution in [2.24, 2.45) is 0 Å². The third-order valence-corrected chi connectivity index (χ3v) is 3.37. The molecule has 0 bridgehead atoms. The van der Waals surface area contributed by atoms with Gasteiger partial charge in [-0.3, -0.25) is 4.79 Å². The van der Waals surface area contributed by atoms with Crippen molar-refractivity contribution < 1.29 is 19.4 Å². The first-order valence-corrected chi connectivity index (χ1v) is 5.37. The van der Waals surface area contributed by atoms with Gasteiger partial charge in [-0.25, -0.2) is 4.79 Å². The summed E-state index contributed by atoms with van der Waals surface area (Å²) in [5.74, 6) is -0.387. The van der Waals surface area contributed by atoms with Crippen LogP contribution in [0.1, 0.15) is 32.1 Å². The van der Waals surface area contributed by atoms with E-state index in [1.807, 2.05) is 0 Å². The van der Waals surface area contributed by atoms with Crippen molar-refractivity contribution >= 4 is 11.9 Å². The van der Waals surface area contributed by atoms with Crippen LogP contribution in [0.25, 0.3) is 0 Å². The Morgan fingerprint density at radius 3 is 2.69 bits per heavy atom. The van der Waals surface area contributed by atoms with E-state index in [0.717, 1.165) is 6.42 Å². The molecule has 1 fully saturated rings. The number of amides is 1. The number of methoxy groups -OCH3 is 1. The lowest BCUT2D eigenvalue weighted by Crippen LogP contribution is -2.44. The molecule has 16 heavy (non-hydrogen) atoms. The SMILES string of the molecule is COC(=O)C1=C(O)CC[C@@]2(CCC(=O)N2)C1. The predicted molar refractivity (Wildman–Crippen MR) is 55.6 cm³/mol. The molecule has 1 aliphatic carbocycles. The van der Waals surface area contributed by atoms with E-state index in [2.05, 4.69) is 10.1 Å². The Balaban J connectivity index is 2.20. The maximum Gasteiger partial charge on any atom is 0.337 e. The van der Waals surface area contributed by atoms with Gasteiger partial charge in [-0.15, -0.1) is 0 Å². The van der Waals surface area contributed by atoms with Gasteiger partial charge in [0, 0.05) is 24.8 Å². The van der Waals surface area contributed by atoms with Crippen molar-refractivity contribution in [1.82, 2.24) is 5.32 Å². The van der Waals surface area contributed by atoms with Crippen molar-refractivity contribution in [2.45, 2.75) is 37.6 Å². The molecule has 1 aliphatic heterocycles. The third-order valence-electron chi connectivity index (χ3n) is 3.37. The van der Waals surface area contributed by atoms with Crippen LogP contribution in [0.5, 0.6) is 0 Å². The molecule has 1 heterocycles. The van der Waals surface area contributed by atoms with E-state index in [4.69, 9.17) is 0 Å². The highest BCUT2D eigenvalue weighted by atomic mass is 16.5. The van der Waals surface area contributed by atoms with Gasteiger partial charge >= 0.3 is 5.97 Å². The van der Waals surface area contributed by atoms with E-state index in [-0.39, 0.29) is 17.2 Å². The highest BCUT2D eigenvalue weighted by Crippen LogP contribution is 2.38. The maximum atomic E-state index is 11.4. The van der Waals surface area contributed by atoms with Crippen LogP contribution < -0.4 is 5.32 Å². The fourth-order valence-electron chi connectivity index (χ4n) is 2.44. The summed E-state index contributed by atoms with van der Waals surface area (Å²) in [6.45, 7) is 0. The summed E-state index contributed by atoms with van der Waals surface area (Å²) in [4.78, 5) is 22.7. The van der Waals surface area contributed by atoms with E-state index >= 15 is 0 Å². The Kier molecular flexibility index (Phi) is 2.61. The predicted octanol–water partition coefficient (Wildman–Crippen LogP) is 0.804. The normalized spacial score (nSPS) is 29.4. The zero-order chi connectivity index (χ0) is 11.8. The summed E-state index contributed by atoms with van der Waals surface area (Å²) < 4.78 is 4.62. The number of hydrogen-bond acceptors (Lipinski definition) is 4. The smallest absolute Gasteiger partial charge is 0.337 e. The van der Waals surface area contributed by atoms with Crippen LogP contribution in [0.4, 0.5) is 0 Å². The van der Waals surface area contributed by atoms with Gasteiger partial charge in [0.05, 0.1) is 12.7 Å². The molecule has 1 saturated heterocycles. The van der Waals surface area contributed by atoms with E-state index in [1.54, 1.807) is 0 Å². The number of esters is 1. The Morgan fingerprint density at radius 2 is 2.12 bits per heavy atom. The maximum absolute atomic E-state index is 11.4. The molecule has 1 amide bonds. The van der Waals surface area contributed by atoms with Gasteiger partial charge in [-0.1, -0.05) is 0 Å². The third kappa shape index (κ3) is 1.77. The minimum absolute atomic E-state index is 0.0191. The molecular formula is C11H15NO4. The molecule has 0 aromatic carbocycles. The van der Waals surface area contributed by atoms with E-state index in [1.165, 1.54) is 7.11 Å². The molecular weight excluding hydrogens is 210 g/mol. The molecule has 0 unspecified atom stereocenters. The number of ether oxygens (including phenoxy) is 1. The summed E-state index contributed by atoms with van der Waals surface area (Å²) in [6, 6.07) is 0. The number of aliphatic hydroxyl groups is 1. The van der Waals surface area contributed by atoms with E-state index in [0.29, 0.717) is 31.3 Å². The highest BCUT2D eigenvalue weighted by molar-refractivity contribution is 5.90. The summed E-state index contributed by atoms with van der Waals surface area (Å²) in [6.07, 6.45) is 2.70. The van der Waals surface area contributed by atoms with Crippen LogP contribution in [0.15, 0.2) is 11.3 Å². The van der Waals surface area contributed by atoms with Crippen molar-refractivity contribution in [3.05, 3.63) is 11.3 Å². The van der Waals surface area contributed by atoms with Crippen LogP contribution in [-0.2, 0) is 14.3 Å². The Morgan fingerprint density at radius 1 is 1.44 bits per heavy atom. The molecule has 5 heteroatoms. The van der Waals surface area contributed by atoms with Gasteiger partial charge in [0.2, 0.25) is 5.91 Å². The summed E-state index contributed by atoms with van der Waals surface area (Å²) in [7, 11) is 1.29. The molecule has 0 aromatic rings. The number of allylic oxidation sites excluding steroid dienone is 1. The average Bonchev–Trinajstić information content (AvgIpc) is 2.63. The van der Waals surface area contributed by atoms with Crippen molar-refractivity contribution in [3.63, 3.8) is 0 Å². The minimum atomic E-state index is -0.502. The van der Waals surface area contributed by atoms with Crippen molar-refractivity contribution in [2.75, 3.05) is 7.11 Å². The average molecular weight is 225 g/mol. The second kappa shape index (κ2) is 3.81. The molecule has 1 spiro atoms. The first-order chi connectivity index (χ1) is 7.56. The Labute approximate surface area is 93.5 Å². The molecule has 0 saturated carbocycles. The molecule has 0 radical (unpaired) electrons. The monoisotopic (exact) mass is 225 g/mol. The molecule has 2 N–H and O–H groups in total. The minimum Gasteiger partial charge on any atom is -0.512 e. The number of rotatable bonds is 1. The quantitative estimate of drug-likeness (QED) is 0.647. The van der Waals surface area contributed by atoms with Gasteiger partial charge in [0.15, 0.2) is 0 Å². The van der Waals surface area contributed by atoms with Crippen LogP contribution in [0, 0.1) is 0 Å². The largest absolute Gasteiger partial charge is 0.512 e. The number of aliphatic hydroxyl groups excluding tert-OH is 1. The second-order valence-corrected chi connectivity index (χ2v) is 4.42. The summed E-state index contributed by atoms with van der Waals surface area (Å²) >= 11 is 0. The summed E-state index contributed by atoms with van der Waals surface area (Å²) in [5.41, 5.74) is -0.0386. The van der Waals surface area contributed by atoms with Gasteiger partial charge in [-0.2, -0.15) is 0 Å². The van der Waals surface area contributed by atoms with Crippen LogP contribution in [0.2, 0.25) is 0 Å². The van der Waals surface area contributed by atoms with Gasteiger partial charge < -0.3 is 15.2 Å². The Bertz CT molecular complexity index is 374. The molecule has 1 atom stereocenters. The molecule has 0 aromatic heterocycles. The molecule has 88 valence electrons. The Hall–Kier alpha value is -1.52. The second-order valence-electron chi connectivity index (χ2n) is 4.42. The first kappa shape index (κ1) is 11.0. The lowest BCUT2D eigenvalue weighted by atomic mass is 9.79. The summed E-state index contributed by atoms with van der Waals surface area (Å²) in [5, 5.41) is 12.6. The van der Waals surface area contributed by atoms with Gasteiger partial charge in [0.1, 0.15) is 5.76 Å². The van der Waals surface area contributed by atoms with E-state index < -0.39 is 5.97 Å². The topological polar surface area (TPSA) is 75.6 Å². The number of carbonyl (C=O) groups excluding carboxylic acids is 2. The van der Waals surface area contributed by atoms with Crippen molar-refractivity contribution in [3.8, 4) is 0 Å². The highest BCUT2D eigenvalue weighted by Gasteiger charge is 2.42. The fourth-order valence-corrected chi connectivity index (χ4v) is 2.44. The number of hydrogen-bond donors (Lipinski definition) is 2. The zero-order valence-electron chi connectivity index (χ0n) is 9.21. The number of carbonyl (C=O) groups is 2. The van der Waals surface area contributed by atoms with Crippen LogP contribution in [-0.4, -0.2) is 29.6 Å². The standard InChI is InChI=1S/C11H15NO4/c1-16-10(15)7-6-11(4-2-8(7)13)5-3-9(14)12-11/h13H,2-6H2,1H3,(H,12,14)/t11-/m1/s1. The fraction of sp³-hybridized carbons (Fsp3) is 0.636. The molecule has 5 nitrogen and oxygen atoms in total. The molecule has 2 aliphatic rings. The van der Waals surface area contributed by atoms with Crippen LogP contribution in [0.3, 0.4) is 0 Å². The lowest BCUT2D eigenvalue weighted by molar-refractivity contribution is -0.137. The first-order valence-electron chi connectivity index (χ1n) is 5.37. The lowest BCUT2D eigenvalue weighted by Gasteiger charge is -2.33.